The van der Waals surface area contributed by atoms with Gasteiger partial charge in [-0.25, -0.2) is 0 Å². The number of carbonyl (C=O) groups is 4. The van der Waals surface area contributed by atoms with Crippen LogP contribution >= 0.6 is 23.2 Å². The Bertz CT molecular complexity index is 3280. The number of nitrogens with zero attached hydrogens (tertiary/aromatic N) is 2. The zero-order valence-corrected chi connectivity index (χ0v) is 36.3. The van der Waals surface area contributed by atoms with Crippen LogP contribution in [0.25, 0.3) is 43.6 Å². The Balaban J connectivity index is 0.764. The van der Waals surface area contributed by atoms with Crippen LogP contribution in [0.2, 0.25) is 0 Å². The second-order valence-electron chi connectivity index (χ2n) is 16.8. The molecule has 2 atom stereocenters. The van der Waals surface area contributed by atoms with Crippen LogP contribution < -0.4 is 20.4 Å². The van der Waals surface area contributed by atoms with E-state index >= 15 is 0 Å². The van der Waals surface area contributed by atoms with Crippen LogP contribution in [0.15, 0.2) is 85.2 Å². The fourth-order valence-corrected chi connectivity index (χ4v) is 10.2. The molecule has 0 fully saturated rings. The number of aromatic amines is 5. The summed E-state index contributed by atoms with van der Waals surface area (Å²) in [5.74, 6) is -1.04. The molecule has 0 bridgehead atoms. The van der Waals surface area contributed by atoms with Crippen molar-refractivity contribution in [2.24, 2.45) is 0 Å². The van der Waals surface area contributed by atoms with E-state index < -0.39 is 11.8 Å². The summed E-state index contributed by atoms with van der Waals surface area (Å²) in [6.07, 6.45) is 3.66. The molecule has 11 rings (SSSR count). The number of aromatic hydroxyl groups is 2. The number of alkyl halides is 2. The van der Waals surface area contributed by atoms with Gasteiger partial charge in [-0.15, -0.1) is 23.2 Å². The predicted octanol–water partition coefficient (Wildman–Crippen LogP) is 9.44. The quantitative estimate of drug-likeness (QED) is 0.0676. The molecule has 4 amide bonds. The van der Waals surface area contributed by atoms with Gasteiger partial charge in [0.25, 0.3) is 23.6 Å². The third-order valence-corrected chi connectivity index (χ3v) is 13.5. The van der Waals surface area contributed by atoms with E-state index in [0.717, 1.165) is 33.0 Å². The highest BCUT2D eigenvalue weighted by Gasteiger charge is 2.38. The van der Waals surface area contributed by atoms with Gasteiger partial charge in [-0.05, 0) is 96.8 Å². The van der Waals surface area contributed by atoms with Crippen LogP contribution in [0, 0.1) is 13.8 Å². The lowest BCUT2D eigenvalue weighted by molar-refractivity contribution is 0.0977. The number of amides is 4. The summed E-state index contributed by atoms with van der Waals surface area (Å²) in [6, 6.07) is 20.1. The Morgan fingerprint density at radius 1 is 0.600 bits per heavy atom. The first-order valence-corrected chi connectivity index (χ1v) is 22.0. The third kappa shape index (κ3) is 6.40. The lowest BCUT2D eigenvalue weighted by Crippen LogP contribution is -2.30. The highest BCUT2D eigenvalue weighted by atomic mass is 35.5. The number of phenolic OH excluding ortho intramolecular Hbond substituents is 2. The molecule has 7 heterocycles. The Kier molecular flexibility index (Phi) is 9.27. The van der Waals surface area contributed by atoms with Crippen LogP contribution in [0.1, 0.15) is 76.0 Å². The first-order valence-electron chi connectivity index (χ1n) is 20.9. The van der Waals surface area contributed by atoms with Crippen LogP contribution in [-0.4, -0.2) is 83.6 Å². The SMILES string of the molecule is Cc1c[nH]c2c(O)cc3c(c12)[C@H](CCl)CN3C(=O)c1cc2cc(NC(=O)c3ccc(C(=O)Nc4ccc5[nH]c(C(=O)N6C[C@@H](CCl)c7c6cc(O)c6[nH]cc(C)c76)cc5c4)[nH]3)ccc2[nH]1. The number of halogens is 2. The van der Waals surface area contributed by atoms with Gasteiger partial charge in [0.1, 0.15) is 34.3 Å². The summed E-state index contributed by atoms with van der Waals surface area (Å²) >= 11 is 12.8. The number of H-pyrrole nitrogens is 5. The number of hydrogen-bond donors (Lipinski definition) is 9. The highest BCUT2D eigenvalue weighted by molar-refractivity contribution is 6.20. The van der Waals surface area contributed by atoms with E-state index in [9.17, 15) is 29.4 Å². The number of aromatic nitrogens is 5. The van der Waals surface area contributed by atoms with Gasteiger partial charge in [0, 0.05) is 105 Å². The Hall–Kier alpha value is -7.62. The fourth-order valence-electron chi connectivity index (χ4n) is 9.69. The van der Waals surface area contributed by atoms with Gasteiger partial charge in [0.2, 0.25) is 0 Å². The van der Waals surface area contributed by atoms with Gasteiger partial charge in [0.15, 0.2) is 0 Å². The number of aryl methyl sites for hydroxylation is 2. The first-order chi connectivity index (χ1) is 31.4. The van der Waals surface area contributed by atoms with E-state index in [-0.39, 0.29) is 46.5 Å². The van der Waals surface area contributed by atoms with E-state index in [1.54, 1.807) is 70.5 Å². The average molecular weight is 909 g/mol. The van der Waals surface area contributed by atoms with Crippen molar-refractivity contribution >= 4 is 113 Å². The van der Waals surface area contributed by atoms with Crippen molar-refractivity contribution < 1.29 is 29.4 Å². The molecule has 326 valence electrons. The summed E-state index contributed by atoms with van der Waals surface area (Å²) in [5.41, 5.74) is 9.54. The number of hydrogen-bond acceptors (Lipinski definition) is 6. The lowest BCUT2D eigenvalue weighted by atomic mass is 9.97. The molecule has 0 radical (unpaired) electrons. The maximum Gasteiger partial charge on any atom is 0.274 e. The molecular formula is C48H39Cl2N9O6. The van der Waals surface area contributed by atoms with Crippen molar-refractivity contribution in [1.82, 2.24) is 24.9 Å². The number of anilines is 4. The van der Waals surface area contributed by atoms with Gasteiger partial charge in [-0.1, -0.05) is 0 Å². The number of benzene rings is 4. The van der Waals surface area contributed by atoms with E-state index in [2.05, 4.69) is 35.6 Å². The van der Waals surface area contributed by atoms with Crippen LogP contribution in [0.5, 0.6) is 11.5 Å². The Morgan fingerprint density at radius 3 is 1.45 bits per heavy atom. The van der Waals surface area contributed by atoms with E-state index in [1.807, 2.05) is 26.2 Å². The number of carbonyl (C=O) groups excluding carboxylic acids is 4. The number of phenols is 2. The van der Waals surface area contributed by atoms with Gasteiger partial charge in [-0.3, -0.25) is 19.2 Å². The van der Waals surface area contributed by atoms with Crippen LogP contribution in [-0.2, 0) is 0 Å². The second-order valence-corrected chi connectivity index (χ2v) is 17.4. The molecule has 0 unspecified atom stereocenters. The molecule has 17 heteroatoms. The maximum atomic E-state index is 14.0. The number of fused-ring (bicyclic) bond motifs is 8. The monoisotopic (exact) mass is 907 g/mol. The topological polar surface area (TPSA) is 218 Å². The third-order valence-electron chi connectivity index (χ3n) is 12.8. The zero-order valence-electron chi connectivity index (χ0n) is 34.7. The van der Waals surface area contributed by atoms with E-state index in [1.165, 1.54) is 12.1 Å². The first kappa shape index (κ1) is 40.2. The summed E-state index contributed by atoms with van der Waals surface area (Å²) in [6.45, 7) is 4.61. The number of nitrogens with one attached hydrogen (secondary N) is 7. The minimum atomic E-state index is -0.478. The van der Waals surface area contributed by atoms with Gasteiger partial charge in [0.05, 0.1) is 22.4 Å². The fraction of sp³-hybridized carbons (Fsp3) is 0.167. The molecule has 5 aromatic heterocycles. The Labute approximate surface area is 378 Å². The molecule has 65 heavy (non-hydrogen) atoms. The molecule has 9 N–H and O–H groups in total. The van der Waals surface area contributed by atoms with Gasteiger partial charge in [-0.2, -0.15) is 0 Å². The maximum absolute atomic E-state index is 14.0. The standard InChI is InChI=1S/C48H39Cl2N9O6/c1-21-17-51-43-37(60)13-35-41(39(21)43)25(15-49)19-58(35)47(64)33-11-23-9-27(3-5-29(23)55-33)53-45(62)31-7-8-32(57-31)46(63)54-28-4-6-30-24(10-28)12-34(56-30)48(65)59-20-26(16-50)42-36(59)14-38(61)44-40(42)22(2)18-52-44/h3-14,17-18,25-26,51-52,55-57,60-61H,15-16,19-20H2,1-2H3,(H,53,62)(H,54,63)/t25-,26-/m1/s1. The molecule has 0 saturated carbocycles. The molecule has 15 nitrogen and oxygen atoms in total. The Morgan fingerprint density at radius 2 is 1.03 bits per heavy atom. The summed E-state index contributed by atoms with van der Waals surface area (Å²) < 4.78 is 0. The molecule has 2 aliphatic heterocycles. The zero-order chi connectivity index (χ0) is 45.0. The summed E-state index contributed by atoms with van der Waals surface area (Å²) in [4.78, 5) is 73.5. The van der Waals surface area contributed by atoms with E-state index in [4.69, 9.17) is 23.2 Å². The van der Waals surface area contributed by atoms with Crippen molar-refractivity contribution in [2.45, 2.75) is 25.7 Å². The van der Waals surface area contributed by atoms with Gasteiger partial charge < -0.3 is 55.6 Å². The molecule has 9 aromatic rings. The summed E-state index contributed by atoms with van der Waals surface area (Å²) in [7, 11) is 0. The van der Waals surface area contributed by atoms with Crippen molar-refractivity contribution in [3.05, 3.63) is 130 Å². The normalized spacial score (nSPS) is 15.7. The predicted molar refractivity (Wildman–Crippen MR) is 253 cm³/mol. The molecular weight excluding hydrogens is 869 g/mol. The minimum Gasteiger partial charge on any atom is -0.506 e. The molecule has 0 saturated heterocycles. The van der Waals surface area contributed by atoms with E-state index in [0.29, 0.717) is 91.8 Å². The molecule has 4 aromatic carbocycles. The number of rotatable bonds is 8. The van der Waals surface area contributed by atoms with Gasteiger partial charge >= 0.3 is 0 Å². The van der Waals surface area contributed by atoms with Crippen molar-refractivity contribution in [3.63, 3.8) is 0 Å². The highest BCUT2D eigenvalue weighted by Crippen LogP contribution is 2.48. The van der Waals surface area contributed by atoms with Crippen molar-refractivity contribution in [3.8, 4) is 11.5 Å². The second kappa shape index (κ2) is 15.0. The van der Waals surface area contributed by atoms with Crippen LogP contribution in [0.4, 0.5) is 22.7 Å². The van der Waals surface area contributed by atoms with Crippen molar-refractivity contribution in [1.29, 1.82) is 0 Å². The molecule has 0 aliphatic carbocycles. The molecule has 0 spiro atoms. The summed E-state index contributed by atoms with van der Waals surface area (Å²) in [5, 5.41) is 30.5. The lowest BCUT2D eigenvalue weighted by Gasteiger charge is -2.17. The smallest absolute Gasteiger partial charge is 0.274 e. The minimum absolute atomic E-state index is 0.0515. The molecule has 2 aliphatic rings. The average Bonchev–Trinajstić information content (AvgIpc) is 4.16. The van der Waals surface area contributed by atoms with Crippen molar-refractivity contribution in [2.75, 3.05) is 45.3 Å². The van der Waals surface area contributed by atoms with Crippen LogP contribution in [0.3, 0.4) is 0 Å². The largest absolute Gasteiger partial charge is 0.506 e.